The van der Waals surface area contributed by atoms with Gasteiger partial charge < -0.3 is 5.32 Å². The van der Waals surface area contributed by atoms with E-state index in [4.69, 9.17) is 4.98 Å². The summed E-state index contributed by atoms with van der Waals surface area (Å²) < 4.78 is 1.59. The van der Waals surface area contributed by atoms with Gasteiger partial charge in [-0.25, -0.2) is 4.98 Å². The Morgan fingerprint density at radius 3 is 2.97 bits per heavy atom. The van der Waals surface area contributed by atoms with Crippen molar-refractivity contribution in [2.45, 2.75) is 37.9 Å². The van der Waals surface area contributed by atoms with Crippen LogP contribution in [0.25, 0.3) is 10.2 Å². The number of fused-ring (bicyclic) bond motifs is 3. The Balaban J connectivity index is 1.56. The van der Waals surface area contributed by atoms with E-state index in [1.165, 1.54) is 23.6 Å². The SMILES string of the molecule is C=CCn1c(SCC(=O)Nc2cccc(C(C)=O)c2)nc2sc3c(c2c1=O)CCC3. The van der Waals surface area contributed by atoms with E-state index in [-0.39, 0.29) is 23.0 Å². The van der Waals surface area contributed by atoms with Crippen LogP contribution < -0.4 is 10.9 Å². The van der Waals surface area contributed by atoms with Gasteiger partial charge in [0.15, 0.2) is 10.9 Å². The number of amides is 1. The zero-order chi connectivity index (χ0) is 21.3. The number of thiophene rings is 1. The maximum atomic E-state index is 13.1. The summed E-state index contributed by atoms with van der Waals surface area (Å²) in [5.74, 6) is -0.187. The second-order valence-corrected chi connectivity index (χ2v) is 9.14. The molecule has 0 bridgehead atoms. The fourth-order valence-corrected chi connectivity index (χ4v) is 5.71. The summed E-state index contributed by atoms with van der Waals surface area (Å²) in [5, 5.41) is 4.04. The second kappa shape index (κ2) is 8.57. The molecule has 0 fully saturated rings. The van der Waals surface area contributed by atoms with Crippen LogP contribution in [0, 0.1) is 0 Å². The fourth-order valence-electron chi connectivity index (χ4n) is 3.60. The number of carbonyl (C=O) groups is 2. The summed E-state index contributed by atoms with van der Waals surface area (Å²) in [6.07, 6.45) is 4.68. The van der Waals surface area contributed by atoms with Gasteiger partial charge in [0.1, 0.15) is 4.83 Å². The molecular weight excluding hydrogens is 418 g/mol. The van der Waals surface area contributed by atoms with Crippen LogP contribution in [0.4, 0.5) is 5.69 Å². The van der Waals surface area contributed by atoms with Gasteiger partial charge in [-0.2, -0.15) is 0 Å². The smallest absolute Gasteiger partial charge is 0.263 e. The maximum absolute atomic E-state index is 13.1. The Labute approximate surface area is 182 Å². The lowest BCUT2D eigenvalue weighted by Crippen LogP contribution is -2.24. The predicted octanol–water partition coefficient (Wildman–Crippen LogP) is 4.07. The molecule has 0 unspecified atom stereocenters. The van der Waals surface area contributed by atoms with Crippen molar-refractivity contribution in [2.75, 3.05) is 11.1 Å². The van der Waals surface area contributed by atoms with Crippen LogP contribution in [0.2, 0.25) is 0 Å². The van der Waals surface area contributed by atoms with E-state index < -0.39 is 0 Å². The predicted molar refractivity (Wildman–Crippen MR) is 122 cm³/mol. The van der Waals surface area contributed by atoms with Crippen molar-refractivity contribution in [2.24, 2.45) is 0 Å². The number of nitrogens with zero attached hydrogens (tertiary/aromatic N) is 2. The van der Waals surface area contributed by atoms with E-state index in [9.17, 15) is 14.4 Å². The number of hydrogen-bond acceptors (Lipinski definition) is 6. The summed E-state index contributed by atoms with van der Waals surface area (Å²) in [6.45, 7) is 5.58. The molecule has 154 valence electrons. The van der Waals surface area contributed by atoms with Gasteiger partial charge in [0, 0.05) is 22.7 Å². The first kappa shape index (κ1) is 20.6. The second-order valence-electron chi connectivity index (χ2n) is 7.11. The van der Waals surface area contributed by atoms with E-state index in [0.29, 0.717) is 23.0 Å². The molecule has 1 N–H and O–H groups in total. The number of rotatable bonds is 7. The summed E-state index contributed by atoms with van der Waals surface area (Å²) >= 11 is 2.81. The monoisotopic (exact) mass is 439 g/mol. The molecule has 0 spiro atoms. The van der Waals surface area contributed by atoms with Crippen LogP contribution in [0.1, 0.15) is 34.1 Å². The largest absolute Gasteiger partial charge is 0.325 e. The summed E-state index contributed by atoms with van der Waals surface area (Å²) in [6, 6.07) is 6.82. The van der Waals surface area contributed by atoms with Crippen molar-refractivity contribution >= 4 is 50.7 Å². The number of ketones is 1. The maximum Gasteiger partial charge on any atom is 0.263 e. The molecule has 1 aliphatic carbocycles. The summed E-state index contributed by atoms with van der Waals surface area (Å²) in [7, 11) is 0. The third-order valence-corrected chi connectivity index (χ3v) is 7.15. The Morgan fingerprint density at radius 1 is 1.37 bits per heavy atom. The van der Waals surface area contributed by atoms with Crippen LogP contribution in [0.5, 0.6) is 0 Å². The van der Waals surface area contributed by atoms with Gasteiger partial charge in [-0.3, -0.25) is 19.0 Å². The molecule has 0 radical (unpaired) electrons. The van der Waals surface area contributed by atoms with Gasteiger partial charge in [-0.05, 0) is 43.9 Å². The van der Waals surface area contributed by atoms with Crippen molar-refractivity contribution in [1.82, 2.24) is 9.55 Å². The minimum Gasteiger partial charge on any atom is -0.325 e. The highest BCUT2D eigenvalue weighted by atomic mass is 32.2. The van der Waals surface area contributed by atoms with Crippen molar-refractivity contribution in [3.8, 4) is 0 Å². The highest BCUT2D eigenvalue weighted by Crippen LogP contribution is 2.35. The molecule has 30 heavy (non-hydrogen) atoms. The number of hydrogen-bond donors (Lipinski definition) is 1. The van der Waals surface area contributed by atoms with Gasteiger partial charge in [-0.1, -0.05) is 30.0 Å². The van der Waals surface area contributed by atoms with Crippen molar-refractivity contribution in [3.63, 3.8) is 0 Å². The molecule has 3 aromatic rings. The third-order valence-electron chi connectivity index (χ3n) is 4.99. The van der Waals surface area contributed by atoms with E-state index in [1.807, 2.05) is 0 Å². The van der Waals surface area contributed by atoms with Crippen LogP contribution in [-0.2, 0) is 24.2 Å². The van der Waals surface area contributed by atoms with Crippen molar-refractivity contribution in [1.29, 1.82) is 0 Å². The molecule has 0 saturated carbocycles. The summed E-state index contributed by atoms with van der Waals surface area (Å²) in [5.41, 5.74) is 2.19. The first-order valence-electron chi connectivity index (χ1n) is 9.67. The molecule has 0 saturated heterocycles. The van der Waals surface area contributed by atoms with Crippen LogP contribution >= 0.6 is 23.1 Å². The number of allylic oxidation sites excluding steroid dienone is 1. The number of thioether (sulfide) groups is 1. The van der Waals surface area contributed by atoms with Crippen LogP contribution in [0.3, 0.4) is 0 Å². The molecule has 1 aliphatic rings. The van der Waals surface area contributed by atoms with Gasteiger partial charge in [-0.15, -0.1) is 17.9 Å². The van der Waals surface area contributed by atoms with Gasteiger partial charge in [0.05, 0.1) is 11.1 Å². The van der Waals surface area contributed by atoms with E-state index in [0.717, 1.165) is 35.0 Å². The molecular formula is C22H21N3O3S2. The topological polar surface area (TPSA) is 81.1 Å². The van der Waals surface area contributed by atoms with E-state index in [2.05, 4.69) is 11.9 Å². The minimum absolute atomic E-state index is 0.0589. The molecule has 4 rings (SSSR count). The van der Waals surface area contributed by atoms with Crippen molar-refractivity contribution in [3.05, 3.63) is 63.3 Å². The Bertz CT molecular complexity index is 1230. The van der Waals surface area contributed by atoms with Gasteiger partial charge >= 0.3 is 0 Å². The molecule has 1 amide bonds. The average molecular weight is 440 g/mol. The zero-order valence-corrected chi connectivity index (χ0v) is 18.2. The number of nitrogens with one attached hydrogen (secondary N) is 1. The number of aryl methyl sites for hydroxylation is 2. The number of aromatic nitrogens is 2. The first-order valence-corrected chi connectivity index (χ1v) is 11.5. The van der Waals surface area contributed by atoms with E-state index in [1.54, 1.807) is 46.2 Å². The van der Waals surface area contributed by atoms with E-state index >= 15 is 0 Å². The summed E-state index contributed by atoms with van der Waals surface area (Å²) in [4.78, 5) is 43.8. The van der Waals surface area contributed by atoms with Gasteiger partial charge in [0.2, 0.25) is 5.91 Å². The molecule has 0 aliphatic heterocycles. The van der Waals surface area contributed by atoms with Crippen molar-refractivity contribution < 1.29 is 9.59 Å². The van der Waals surface area contributed by atoms with Gasteiger partial charge in [0.25, 0.3) is 5.56 Å². The number of carbonyl (C=O) groups excluding carboxylic acids is 2. The lowest BCUT2D eigenvalue weighted by atomic mass is 10.1. The molecule has 2 aromatic heterocycles. The zero-order valence-electron chi connectivity index (χ0n) is 16.6. The number of anilines is 1. The van der Waals surface area contributed by atoms with Crippen LogP contribution in [-0.4, -0.2) is 27.0 Å². The lowest BCUT2D eigenvalue weighted by molar-refractivity contribution is -0.113. The minimum atomic E-state index is -0.228. The highest BCUT2D eigenvalue weighted by Gasteiger charge is 2.23. The molecule has 2 heterocycles. The highest BCUT2D eigenvalue weighted by molar-refractivity contribution is 7.99. The van der Waals surface area contributed by atoms with Crippen LogP contribution in [0.15, 0.2) is 46.9 Å². The number of Topliss-reactive ketones (excluding diaryl/α,β-unsaturated/α-hetero) is 1. The molecule has 1 aromatic carbocycles. The normalized spacial score (nSPS) is 12.7. The Morgan fingerprint density at radius 2 is 2.20 bits per heavy atom. The molecule has 0 atom stereocenters. The molecule has 8 heteroatoms. The fraction of sp³-hybridized carbons (Fsp3) is 0.273. The Kier molecular flexibility index (Phi) is 5.87. The standard InChI is InChI=1S/C22H21N3O3S2/c1-3-10-25-21(28)19-16-8-5-9-17(16)30-20(19)24-22(25)29-12-18(27)23-15-7-4-6-14(11-15)13(2)26/h3-4,6-7,11H,1,5,8-10,12H2,2H3,(H,23,27). The molecule has 6 nitrogen and oxygen atoms in total. The Hall–Kier alpha value is -2.71. The average Bonchev–Trinajstić information content (AvgIpc) is 3.30. The lowest BCUT2D eigenvalue weighted by Gasteiger charge is -2.11. The quantitative estimate of drug-likeness (QED) is 0.260. The first-order chi connectivity index (χ1) is 14.5. The number of benzene rings is 1. The third kappa shape index (κ3) is 3.97.